The van der Waals surface area contributed by atoms with Crippen molar-refractivity contribution >= 4 is 29.1 Å². The molecule has 0 radical (unpaired) electrons. The van der Waals surface area contributed by atoms with Gasteiger partial charge in [-0.2, -0.15) is 4.48 Å². The van der Waals surface area contributed by atoms with Crippen LogP contribution in [0.4, 0.5) is 5.69 Å². The first-order valence-corrected chi connectivity index (χ1v) is 13.2. The van der Waals surface area contributed by atoms with E-state index in [2.05, 4.69) is 16.7 Å². The highest BCUT2D eigenvalue weighted by atomic mass is 35.5. The smallest absolute Gasteiger partial charge is 0.357 e. The summed E-state index contributed by atoms with van der Waals surface area (Å²) in [5, 5.41) is 6.46. The van der Waals surface area contributed by atoms with Gasteiger partial charge in [-0.05, 0) is 41.8 Å². The normalized spacial score (nSPS) is 19.8. The first-order chi connectivity index (χ1) is 19.1. The molecule has 2 N–H and O–H groups in total. The van der Waals surface area contributed by atoms with Crippen LogP contribution in [-0.2, 0) is 4.74 Å². The van der Waals surface area contributed by atoms with Crippen LogP contribution in [0.15, 0.2) is 120 Å². The van der Waals surface area contributed by atoms with E-state index in [1.165, 1.54) is 0 Å². The van der Waals surface area contributed by atoms with Crippen molar-refractivity contribution in [3.8, 4) is 11.1 Å². The zero-order chi connectivity index (χ0) is 26.8. The van der Waals surface area contributed by atoms with Gasteiger partial charge in [0.2, 0.25) is 0 Å². The number of allylic oxidation sites excluding steroid dienone is 4. The maximum Gasteiger partial charge on any atom is 0.357 e. The van der Waals surface area contributed by atoms with Crippen LogP contribution in [0.5, 0.6) is 0 Å². The lowest BCUT2D eigenvalue weighted by Crippen LogP contribution is -2.56. The monoisotopic (exact) mass is 536 g/mol. The number of ether oxygens (including phenoxy) is 1. The third-order valence-corrected chi connectivity index (χ3v) is 7.66. The van der Waals surface area contributed by atoms with E-state index in [1.54, 1.807) is 24.3 Å². The Bertz CT molecular complexity index is 1590. The number of nitrogens with one attached hydrogen (secondary N) is 2. The molecule has 2 aliphatic heterocycles. The number of carbonyl (C=O) groups excluding carboxylic acids is 2. The van der Waals surface area contributed by atoms with Gasteiger partial charge in [0.15, 0.2) is 11.4 Å². The van der Waals surface area contributed by atoms with E-state index in [1.807, 2.05) is 73.1 Å². The standard InChI is InChI=1S/C32H26ClN3O3/c33-29-18-24(35-31(37)27-12-6-5-11-26(27)22-8-2-1-3-9-22)14-15-28(29)32(38)36-16-17-39-21-25(36)20-34-19-23-10-4-7-13-30(23)36/h1-9,11-15,18-20,34H,10,16-17,21H2/p+1/t36-/m0/s1. The maximum atomic E-state index is 14.3. The second-order valence-corrected chi connectivity index (χ2v) is 10.0. The number of morpholine rings is 1. The lowest BCUT2D eigenvalue weighted by molar-refractivity contribution is -0.779. The molecule has 3 aromatic rings. The SMILES string of the molecule is O=C(Nc1ccc(C(=O)[N@@+]23CCOCC2=CNC=C2CC=CC=C23)c(Cl)c1)c1ccccc1-c1ccccc1. The number of benzene rings is 3. The van der Waals surface area contributed by atoms with Gasteiger partial charge in [0.05, 0.1) is 23.4 Å². The molecule has 0 unspecified atom stereocenters. The van der Waals surface area contributed by atoms with Crippen molar-refractivity contribution in [3.05, 3.63) is 137 Å². The largest absolute Gasteiger partial charge is 0.365 e. The molecule has 0 spiro atoms. The Morgan fingerprint density at radius 3 is 2.62 bits per heavy atom. The molecule has 1 aliphatic carbocycles. The number of fused-ring (bicyclic) bond motifs is 3. The van der Waals surface area contributed by atoms with E-state index in [-0.39, 0.29) is 21.3 Å². The van der Waals surface area contributed by atoms with Crippen molar-refractivity contribution < 1.29 is 18.8 Å². The molecule has 0 aromatic heterocycles. The van der Waals surface area contributed by atoms with E-state index in [4.69, 9.17) is 16.3 Å². The van der Waals surface area contributed by atoms with Crippen LogP contribution < -0.4 is 10.6 Å². The molecule has 6 rings (SSSR count). The zero-order valence-corrected chi connectivity index (χ0v) is 21.9. The lowest BCUT2D eigenvalue weighted by Gasteiger charge is -2.41. The van der Waals surface area contributed by atoms with Crippen LogP contribution >= 0.6 is 11.6 Å². The molecule has 3 aromatic carbocycles. The van der Waals surface area contributed by atoms with Gasteiger partial charge in [0, 0.05) is 29.1 Å². The van der Waals surface area contributed by atoms with Crippen LogP contribution in [0.3, 0.4) is 0 Å². The predicted octanol–water partition coefficient (Wildman–Crippen LogP) is 6.42. The van der Waals surface area contributed by atoms with Crippen molar-refractivity contribution in [2.24, 2.45) is 0 Å². The average molecular weight is 537 g/mol. The van der Waals surface area contributed by atoms with Gasteiger partial charge < -0.3 is 15.4 Å². The van der Waals surface area contributed by atoms with E-state index >= 15 is 0 Å². The molecule has 3 aliphatic rings. The van der Waals surface area contributed by atoms with Crippen LogP contribution in [-0.4, -0.2) is 36.1 Å². The predicted molar refractivity (Wildman–Crippen MR) is 153 cm³/mol. The molecule has 0 bridgehead atoms. The number of halogens is 1. The van der Waals surface area contributed by atoms with Crippen LogP contribution in [0, 0.1) is 0 Å². The number of quaternary nitrogens is 1. The van der Waals surface area contributed by atoms with Crippen molar-refractivity contribution in [2.45, 2.75) is 6.42 Å². The minimum atomic E-state index is -0.252. The summed E-state index contributed by atoms with van der Waals surface area (Å²) in [6, 6.07) is 22.3. The molecular weight excluding hydrogens is 510 g/mol. The van der Waals surface area contributed by atoms with Crippen LogP contribution in [0.2, 0.25) is 5.02 Å². The van der Waals surface area contributed by atoms with Gasteiger partial charge in [0.1, 0.15) is 13.2 Å². The van der Waals surface area contributed by atoms with E-state index < -0.39 is 0 Å². The molecule has 39 heavy (non-hydrogen) atoms. The van der Waals surface area contributed by atoms with E-state index in [0.29, 0.717) is 36.6 Å². The summed E-state index contributed by atoms with van der Waals surface area (Å²) in [5.74, 6) is -0.379. The van der Waals surface area contributed by atoms with Crippen molar-refractivity contribution in [1.29, 1.82) is 0 Å². The van der Waals surface area contributed by atoms with Crippen molar-refractivity contribution in [2.75, 3.05) is 25.1 Å². The second-order valence-electron chi connectivity index (χ2n) is 9.61. The van der Waals surface area contributed by atoms with Gasteiger partial charge in [-0.3, -0.25) is 4.79 Å². The fraction of sp³-hybridized carbons (Fsp3) is 0.125. The molecule has 194 valence electrons. The highest BCUT2D eigenvalue weighted by Gasteiger charge is 2.50. The van der Waals surface area contributed by atoms with Crippen molar-refractivity contribution in [1.82, 2.24) is 5.32 Å². The van der Waals surface area contributed by atoms with Crippen LogP contribution in [0.25, 0.3) is 11.1 Å². The summed E-state index contributed by atoms with van der Waals surface area (Å²) < 4.78 is 5.76. The Morgan fingerprint density at radius 2 is 1.77 bits per heavy atom. The maximum absolute atomic E-state index is 14.3. The quantitative estimate of drug-likeness (QED) is 0.378. The van der Waals surface area contributed by atoms with Gasteiger partial charge in [0.25, 0.3) is 5.91 Å². The molecule has 6 nitrogen and oxygen atoms in total. The Balaban J connectivity index is 1.31. The van der Waals surface area contributed by atoms with Gasteiger partial charge in [-0.1, -0.05) is 72.3 Å². The first-order valence-electron chi connectivity index (χ1n) is 12.9. The number of amides is 2. The fourth-order valence-electron chi connectivity index (χ4n) is 5.43. The highest BCUT2D eigenvalue weighted by molar-refractivity contribution is 6.34. The van der Waals surface area contributed by atoms with Crippen molar-refractivity contribution in [3.63, 3.8) is 0 Å². The first kappa shape index (κ1) is 25.1. The minimum Gasteiger partial charge on any atom is -0.365 e. The number of hydrogen-bond acceptors (Lipinski definition) is 4. The summed E-state index contributed by atoms with van der Waals surface area (Å²) in [6.07, 6.45) is 10.6. The van der Waals surface area contributed by atoms with E-state index in [9.17, 15) is 9.59 Å². The number of anilines is 1. The van der Waals surface area contributed by atoms with E-state index in [0.717, 1.165) is 34.5 Å². The Hall–Kier alpha value is -4.23. The molecule has 7 heteroatoms. The number of hydrogen-bond donors (Lipinski definition) is 2. The molecule has 1 atom stereocenters. The molecule has 1 fully saturated rings. The minimum absolute atomic E-state index is 0.0268. The van der Waals surface area contributed by atoms with Gasteiger partial charge in [-0.25, -0.2) is 4.79 Å². The van der Waals surface area contributed by atoms with Gasteiger partial charge in [-0.15, -0.1) is 0 Å². The Labute approximate surface area is 232 Å². The highest BCUT2D eigenvalue weighted by Crippen LogP contribution is 2.40. The summed E-state index contributed by atoms with van der Waals surface area (Å²) in [7, 11) is 0. The van der Waals surface area contributed by atoms with Gasteiger partial charge >= 0.3 is 5.91 Å². The number of rotatable bonds is 4. The zero-order valence-electron chi connectivity index (χ0n) is 21.2. The lowest BCUT2D eigenvalue weighted by atomic mass is 9.98. The Morgan fingerprint density at radius 1 is 0.949 bits per heavy atom. The van der Waals surface area contributed by atoms with Crippen LogP contribution in [0.1, 0.15) is 27.1 Å². The molecule has 0 saturated carbocycles. The summed E-state index contributed by atoms with van der Waals surface area (Å²) in [5.41, 5.74) is 6.05. The topological polar surface area (TPSA) is 67.4 Å². The fourth-order valence-corrected chi connectivity index (χ4v) is 5.69. The summed E-state index contributed by atoms with van der Waals surface area (Å²) in [6.45, 7) is 1.26. The Kier molecular flexibility index (Phi) is 6.75. The number of nitrogens with zero attached hydrogens (tertiary/aromatic N) is 1. The molecular formula is C32H27ClN3O3+. The summed E-state index contributed by atoms with van der Waals surface area (Å²) in [4.78, 5) is 27.6. The molecule has 1 saturated heterocycles. The number of carbonyl (C=O) groups is 2. The summed E-state index contributed by atoms with van der Waals surface area (Å²) >= 11 is 6.75. The average Bonchev–Trinajstić information content (AvgIpc) is 3.15. The second kappa shape index (κ2) is 10.5. The third-order valence-electron chi connectivity index (χ3n) is 7.35. The molecule has 2 amide bonds. The molecule has 2 heterocycles. The third kappa shape index (κ3) is 4.53.